The summed E-state index contributed by atoms with van der Waals surface area (Å²) in [6.45, 7) is 6.90. The zero-order valence-corrected chi connectivity index (χ0v) is 20.5. The van der Waals surface area contributed by atoms with E-state index < -0.39 is 29.5 Å². The number of primary amides is 1. The van der Waals surface area contributed by atoms with Crippen LogP contribution in [-0.4, -0.2) is 33.9 Å². The van der Waals surface area contributed by atoms with Crippen LogP contribution in [0.5, 0.6) is 5.75 Å². The second-order valence-corrected chi connectivity index (χ2v) is 9.79. The van der Waals surface area contributed by atoms with Gasteiger partial charge in [-0.05, 0) is 79.5 Å². The molecule has 10 heteroatoms. The predicted molar refractivity (Wildman–Crippen MR) is 134 cm³/mol. The van der Waals surface area contributed by atoms with Crippen LogP contribution in [0.4, 0.5) is 18.9 Å². The van der Waals surface area contributed by atoms with Gasteiger partial charge in [0.1, 0.15) is 0 Å². The molecule has 0 saturated carbocycles. The second-order valence-electron chi connectivity index (χ2n) is 9.79. The first-order chi connectivity index (χ1) is 17.3. The molecule has 2 aromatic carbocycles. The number of alkyl halides is 3. The summed E-state index contributed by atoms with van der Waals surface area (Å²) < 4.78 is 43.0. The van der Waals surface area contributed by atoms with Gasteiger partial charge in [-0.2, -0.15) is 0 Å². The number of carbonyl (C=O) groups excluding carboxylic acids is 2. The lowest BCUT2D eigenvalue weighted by atomic mass is 9.77. The Morgan fingerprint density at radius 2 is 2.00 bits per heavy atom. The number of hydrogen-bond donors (Lipinski definition) is 4. The maximum Gasteiger partial charge on any atom is 0.573 e. The number of aryl methyl sites for hydroxylation is 1. The van der Waals surface area contributed by atoms with Crippen molar-refractivity contribution < 1.29 is 32.6 Å². The van der Waals surface area contributed by atoms with Crippen molar-refractivity contribution in [1.29, 1.82) is 0 Å². The zero-order valence-electron chi connectivity index (χ0n) is 20.5. The predicted octanol–water partition coefficient (Wildman–Crippen LogP) is 4.76. The van der Waals surface area contributed by atoms with Crippen molar-refractivity contribution in [3.05, 3.63) is 59.8 Å². The van der Waals surface area contributed by atoms with Crippen LogP contribution in [0.2, 0.25) is 0 Å². The Balaban J connectivity index is 1.89. The number of benzene rings is 2. The van der Waals surface area contributed by atoms with Gasteiger partial charge < -0.3 is 25.9 Å². The fourth-order valence-corrected chi connectivity index (χ4v) is 4.97. The average Bonchev–Trinajstić information content (AvgIpc) is 3.18. The molecule has 0 radical (unpaired) electrons. The smallest absolute Gasteiger partial charge is 0.404 e. The molecule has 0 aliphatic heterocycles. The van der Waals surface area contributed by atoms with E-state index in [0.717, 1.165) is 35.2 Å². The second kappa shape index (κ2) is 9.59. The largest absolute Gasteiger partial charge is 0.573 e. The summed E-state index contributed by atoms with van der Waals surface area (Å²) in [4.78, 5) is 27.1. The highest BCUT2D eigenvalue weighted by molar-refractivity contribution is 6.04. The van der Waals surface area contributed by atoms with Gasteiger partial charge in [-0.1, -0.05) is 24.8 Å². The fraction of sp³-hybridized carbons (Fsp3) is 0.333. The van der Waals surface area contributed by atoms with Gasteiger partial charge in [0.25, 0.3) is 0 Å². The lowest BCUT2D eigenvalue weighted by molar-refractivity contribution is -0.274. The van der Waals surface area contributed by atoms with Gasteiger partial charge in [0.05, 0.1) is 23.2 Å². The van der Waals surface area contributed by atoms with Gasteiger partial charge in [0.2, 0.25) is 11.8 Å². The first-order valence-electron chi connectivity index (χ1n) is 11.8. The first-order valence-corrected chi connectivity index (χ1v) is 11.8. The van der Waals surface area contributed by atoms with E-state index in [2.05, 4.69) is 21.6 Å². The zero-order chi connectivity index (χ0) is 27.1. The molecule has 2 amide bonds. The molecule has 7 nitrogen and oxygen atoms in total. The molecule has 1 aliphatic carbocycles. The standard InChI is InChI=1S/C27H28F3N3O4/c1-4-23(35)32-20-11-14(6-10-21(20)37-27(28,29)30)17-8-5-15(12-22(31)34)25-24(17)18-9-7-16(26(2,3)36)13-19(18)33-25/h4-6,8,10-11,16,33,36H,1,7,9,12-13H2,2-3H3,(H2,31,34)(H,32,35). The summed E-state index contributed by atoms with van der Waals surface area (Å²) in [6, 6.07) is 7.57. The van der Waals surface area contributed by atoms with E-state index in [4.69, 9.17) is 5.73 Å². The van der Waals surface area contributed by atoms with E-state index in [9.17, 15) is 27.9 Å². The Hall–Kier alpha value is -3.79. The third kappa shape index (κ3) is 5.64. The highest BCUT2D eigenvalue weighted by Gasteiger charge is 2.34. The van der Waals surface area contributed by atoms with Crippen molar-refractivity contribution in [1.82, 2.24) is 4.98 Å². The molecule has 37 heavy (non-hydrogen) atoms. The van der Waals surface area contributed by atoms with Gasteiger partial charge in [0.15, 0.2) is 5.75 Å². The highest BCUT2D eigenvalue weighted by atomic mass is 19.4. The van der Waals surface area contributed by atoms with Crippen molar-refractivity contribution in [3.8, 4) is 16.9 Å². The summed E-state index contributed by atoms with van der Waals surface area (Å²) in [5, 5.41) is 13.8. The molecule has 196 valence electrons. The summed E-state index contributed by atoms with van der Waals surface area (Å²) >= 11 is 0. The van der Waals surface area contributed by atoms with Gasteiger partial charge in [-0.25, -0.2) is 0 Å². The summed E-state index contributed by atoms with van der Waals surface area (Å²) in [5.74, 6) is -1.73. The summed E-state index contributed by atoms with van der Waals surface area (Å²) in [5.41, 5.74) is 9.03. The van der Waals surface area contributed by atoms with E-state index in [1.54, 1.807) is 26.0 Å². The molecule has 1 unspecified atom stereocenters. The van der Waals surface area contributed by atoms with E-state index in [0.29, 0.717) is 35.0 Å². The minimum atomic E-state index is -4.95. The number of nitrogens with one attached hydrogen (secondary N) is 2. The molecular formula is C27H28F3N3O4. The Morgan fingerprint density at radius 3 is 2.62 bits per heavy atom. The molecule has 0 saturated heterocycles. The number of amides is 2. The van der Waals surface area contributed by atoms with Crippen molar-refractivity contribution in [2.75, 3.05) is 5.32 Å². The van der Waals surface area contributed by atoms with Crippen LogP contribution in [0.1, 0.15) is 37.1 Å². The number of aromatic nitrogens is 1. The molecule has 1 aliphatic rings. The molecule has 1 atom stereocenters. The number of H-pyrrole nitrogens is 1. The Morgan fingerprint density at radius 1 is 1.27 bits per heavy atom. The number of carbonyl (C=O) groups is 2. The molecule has 4 rings (SSSR count). The molecule has 0 fully saturated rings. The first kappa shape index (κ1) is 26.3. The lowest BCUT2D eigenvalue weighted by Gasteiger charge is -2.32. The normalized spacial score (nSPS) is 15.8. The molecule has 1 aromatic heterocycles. The van der Waals surface area contributed by atoms with Crippen molar-refractivity contribution in [3.63, 3.8) is 0 Å². The Labute approximate surface area is 211 Å². The van der Waals surface area contributed by atoms with Crippen LogP contribution in [0, 0.1) is 5.92 Å². The van der Waals surface area contributed by atoms with Crippen LogP contribution >= 0.6 is 0 Å². The van der Waals surface area contributed by atoms with Gasteiger partial charge in [-0.15, -0.1) is 13.2 Å². The SMILES string of the molecule is C=CC(=O)Nc1cc(-c2ccc(CC(N)=O)c3[nH]c4c(c23)CCC(C(C)(C)O)C4)ccc1OC(F)(F)F. The molecule has 3 aromatic rings. The monoisotopic (exact) mass is 515 g/mol. The molecular weight excluding hydrogens is 487 g/mol. The van der Waals surface area contributed by atoms with Crippen LogP contribution in [0.15, 0.2) is 43.0 Å². The molecule has 0 bridgehead atoms. The number of aliphatic hydroxyl groups is 1. The van der Waals surface area contributed by atoms with Crippen molar-refractivity contribution >= 4 is 28.4 Å². The van der Waals surface area contributed by atoms with E-state index in [1.807, 2.05) is 0 Å². The van der Waals surface area contributed by atoms with Gasteiger partial charge >= 0.3 is 6.36 Å². The summed E-state index contributed by atoms with van der Waals surface area (Å²) in [7, 11) is 0. The molecule has 0 spiro atoms. The maximum absolute atomic E-state index is 13.0. The Bertz CT molecular complexity index is 1390. The Kier molecular flexibility index (Phi) is 6.81. The third-order valence-electron chi connectivity index (χ3n) is 6.75. The van der Waals surface area contributed by atoms with Crippen molar-refractivity contribution in [2.45, 2.75) is 51.5 Å². The number of ether oxygens (including phenoxy) is 1. The topological polar surface area (TPSA) is 117 Å². The van der Waals surface area contributed by atoms with Crippen LogP contribution < -0.4 is 15.8 Å². The minimum Gasteiger partial charge on any atom is -0.404 e. The maximum atomic E-state index is 13.0. The fourth-order valence-electron chi connectivity index (χ4n) is 4.97. The number of nitrogens with two attached hydrogens (primary N) is 1. The minimum absolute atomic E-state index is 0.00407. The summed E-state index contributed by atoms with van der Waals surface area (Å²) in [6.07, 6.45) is -2.00. The quantitative estimate of drug-likeness (QED) is 0.339. The number of anilines is 1. The number of fused-ring (bicyclic) bond motifs is 3. The number of halogens is 3. The third-order valence-corrected chi connectivity index (χ3v) is 6.75. The van der Waals surface area contributed by atoms with E-state index in [-0.39, 0.29) is 18.0 Å². The van der Waals surface area contributed by atoms with Crippen LogP contribution in [0.25, 0.3) is 22.0 Å². The van der Waals surface area contributed by atoms with E-state index >= 15 is 0 Å². The van der Waals surface area contributed by atoms with Gasteiger partial charge in [-0.3, -0.25) is 9.59 Å². The molecule has 1 heterocycles. The van der Waals surface area contributed by atoms with Gasteiger partial charge in [0, 0.05) is 11.1 Å². The van der Waals surface area contributed by atoms with Crippen LogP contribution in [-0.2, 0) is 28.9 Å². The number of aromatic amines is 1. The number of rotatable bonds is 7. The number of hydrogen-bond acceptors (Lipinski definition) is 4. The highest BCUT2D eigenvalue weighted by Crippen LogP contribution is 2.42. The van der Waals surface area contributed by atoms with E-state index in [1.165, 1.54) is 12.1 Å². The van der Waals surface area contributed by atoms with Crippen LogP contribution in [0.3, 0.4) is 0 Å². The lowest BCUT2D eigenvalue weighted by Crippen LogP contribution is -2.34. The molecule has 5 N–H and O–H groups in total. The average molecular weight is 516 g/mol. The van der Waals surface area contributed by atoms with Crippen molar-refractivity contribution in [2.24, 2.45) is 11.7 Å².